The highest BCUT2D eigenvalue weighted by Crippen LogP contribution is 2.48. The molecule has 2 N–H and O–H groups in total. The normalized spacial score (nSPS) is 33.4. The summed E-state index contributed by atoms with van der Waals surface area (Å²) in [5, 5.41) is 9.33. The number of fused-ring (bicyclic) bond motifs is 3. The van der Waals surface area contributed by atoms with E-state index in [4.69, 9.17) is 5.73 Å². The maximum Gasteiger partial charge on any atom is 0.242 e. The third kappa shape index (κ3) is 3.29. The molecule has 31 heavy (non-hydrogen) atoms. The summed E-state index contributed by atoms with van der Waals surface area (Å²) in [5.41, 5.74) is 6.64. The van der Waals surface area contributed by atoms with E-state index in [9.17, 15) is 23.6 Å². The zero-order valence-corrected chi connectivity index (χ0v) is 17.2. The average molecular weight is 429 g/mol. The van der Waals surface area contributed by atoms with Gasteiger partial charge in [0.05, 0.1) is 24.2 Å². The van der Waals surface area contributed by atoms with Crippen LogP contribution < -0.4 is 5.73 Å². The first-order valence-electron chi connectivity index (χ1n) is 10.8. The number of rotatable bonds is 5. The van der Waals surface area contributed by atoms with Gasteiger partial charge in [0.2, 0.25) is 11.8 Å². The zero-order valence-electron chi connectivity index (χ0n) is 17.2. The molecule has 3 heterocycles. The molecular weight excluding hydrogens is 404 g/mol. The standard InChI is InChI=1S/C22H25F2N5O2/c1-11(12-2-14(23)6-15(24)3-12)28-17-7-20(22(28)31)27(9-17)10-18(26)21(30)29-16(8-25)4-13-5-19(13)29/h2-3,6,11,13,16-20H,4-5,7,9-10,26H2,1H3/t11-,13-,16+,17?,18+,19?,20-/m1/s1. The molecule has 4 fully saturated rings. The van der Waals surface area contributed by atoms with Gasteiger partial charge in [-0.1, -0.05) is 0 Å². The van der Waals surface area contributed by atoms with E-state index in [1.165, 1.54) is 12.1 Å². The van der Waals surface area contributed by atoms with Crippen LogP contribution in [0.2, 0.25) is 0 Å². The fraction of sp³-hybridized carbons (Fsp3) is 0.591. The van der Waals surface area contributed by atoms with Gasteiger partial charge in [0.25, 0.3) is 0 Å². The fourth-order valence-corrected chi connectivity index (χ4v) is 5.79. The van der Waals surface area contributed by atoms with Gasteiger partial charge in [0.1, 0.15) is 17.7 Å². The van der Waals surface area contributed by atoms with Crippen LogP contribution in [-0.4, -0.2) is 69.8 Å². The summed E-state index contributed by atoms with van der Waals surface area (Å²) in [7, 11) is 0. The van der Waals surface area contributed by atoms with E-state index in [0.29, 0.717) is 24.4 Å². The van der Waals surface area contributed by atoms with Gasteiger partial charge in [-0.2, -0.15) is 5.26 Å². The Morgan fingerprint density at radius 1 is 1.26 bits per heavy atom. The van der Waals surface area contributed by atoms with Crippen molar-refractivity contribution in [3.8, 4) is 6.07 Å². The summed E-state index contributed by atoms with van der Waals surface area (Å²) < 4.78 is 27.3. The topological polar surface area (TPSA) is 93.7 Å². The van der Waals surface area contributed by atoms with Crippen molar-refractivity contribution >= 4 is 11.8 Å². The highest BCUT2D eigenvalue weighted by molar-refractivity contribution is 5.87. The Morgan fingerprint density at radius 2 is 1.97 bits per heavy atom. The van der Waals surface area contributed by atoms with Crippen molar-refractivity contribution in [2.24, 2.45) is 11.7 Å². The molecule has 2 bridgehead atoms. The number of piperazine rings is 1. The van der Waals surface area contributed by atoms with Crippen molar-refractivity contribution in [1.29, 1.82) is 5.26 Å². The number of hydrogen-bond donors (Lipinski definition) is 1. The van der Waals surface area contributed by atoms with Crippen molar-refractivity contribution in [3.63, 3.8) is 0 Å². The van der Waals surface area contributed by atoms with Gasteiger partial charge < -0.3 is 15.5 Å². The molecule has 9 heteroatoms. The molecule has 0 spiro atoms. The van der Waals surface area contributed by atoms with Gasteiger partial charge >= 0.3 is 0 Å². The molecule has 1 saturated carbocycles. The Balaban J connectivity index is 1.24. The zero-order chi connectivity index (χ0) is 22.0. The molecule has 3 saturated heterocycles. The van der Waals surface area contributed by atoms with Crippen molar-refractivity contribution in [3.05, 3.63) is 35.4 Å². The Labute approximate surface area is 179 Å². The van der Waals surface area contributed by atoms with E-state index in [1.807, 2.05) is 4.90 Å². The third-order valence-electron chi connectivity index (χ3n) is 7.36. The lowest BCUT2D eigenvalue weighted by Gasteiger charge is -2.38. The van der Waals surface area contributed by atoms with Crippen LogP contribution in [0.3, 0.4) is 0 Å². The second kappa shape index (κ2) is 7.24. The van der Waals surface area contributed by atoms with Gasteiger partial charge in [0.15, 0.2) is 0 Å². The van der Waals surface area contributed by atoms with Gasteiger partial charge in [-0.15, -0.1) is 0 Å². The number of amides is 2. The number of nitrogens with two attached hydrogens (primary N) is 1. The number of piperidine rings is 1. The van der Waals surface area contributed by atoms with E-state index in [0.717, 1.165) is 18.9 Å². The van der Waals surface area contributed by atoms with E-state index in [2.05, 4.69) is 6.07 Å². The molecule has 3 aliphatic heterocycles. The van der Waals surface area contributed by atoms with Crippen LogP contribution in [0.4, 0.5) is 8.78 Å². The minimum absolute atomic E-state index is 0.0902. The van der Waals surface area contributed by atoms with Crippen LogP contribution in [0.15, 0.2) is 18.2 Å². The Kier molecular flexibility index (Phi) is 4.75. The Morgan fingerprint density at radius 3 is 2.61 bits per heavy atom. The number of likely N-dealkylation sites (tertiary alicyclic amines) is 3. The van der Waals surface area contributed by atoms with Crippen molar-refractivity contribution in [2.75, 3.05) is 13.1 Å². The van der Waals surface area contributed by atoms with E-state index in [-0.39, 0.29) is 36.5 Å². The van der Waals surface area contributed by atoms with E-state index < -0.39 is 29.8 Å². The van der Waals surface area contributed by atoms with Crippen LogP contribution in [0, 0.1) is 28.9 Å². The van der Waals surface area contributed by atoms with Crippen LogP contribution in [-0.2, 0) is 9.59 Å². The molecular formula is C22H25F2N5O2. The lowest BCUT2D eigenvalue weighted by molar-refractivity contribution is -0.141. The predicted molar refractivity (Wildman–Crippen MR) is 106 cm³/mol. The number of nitrogens with zero attached hydrogens (tertiary/aromatic N) is 4. The lowest BCUT2D eigenvalue weighted by Crippen LogP contribution is -2.57. The molecule has 2 unspecified atom stereocenters. The maximum atomic E-state index is 13.6. The number of hydrogen-bond acceptors (Lipinski definition) is 5. The van der Waals surface area contributed by atoms with Gasteiger partial charge in [-0.3, -0.25) is 14.5 Å². The average Bonchev–Trinajstić information content (AvgIpc) is 3.05. The molecule has 0 radical (unpaired) electrons. The molecule has 1 aromatic carbocycles. The molecule has 7 atom stereocenters. The van der Waals surface area contributed by atoms with Gasteiger partial charge in [-0.25, -0.2) is 8.78 Å². The number of nitriles is 1. The van der Waals surface area contributed by atoms with Crippen LogP contribution in [0.5, 0.6) is 0 Å². The van der Waals surface area contributed by atoms with Gasteiger partial charge in [-0.05, 0) is 49.8 Å². The van der Waals surface area contributed by atoms with E-state index >= 15 is 0 Å². The minimum atomic E-state index is -0.787. The second-order valence-corrected chi connectivity index (χ2v) is 9.28. The molecule has 1 aromatic rings. The summed E-state index contributed by atoms with van der Waals surface area (Å²) in [6.45, 7) is 2.59. The Hall–Kier alpha value is -2.57. The predicted octanol–water partition coefficient (Wildman–Crippen LogP) is 1.15. The Bertz CT molecular complexity index is 961. The van der Waals surface area contributed by atoms with E-state index in [1.54, 1.807) is 16.7 Å². The number of halogens is 2. The molecule has 0 aromatic heterocycles. The summed E-state index contributed by atoms with van der Waals surface area (Å²) in [6, 6.07) is 3.56. The summed E-state index contributed by atoms with van der Waals surface area (Å²) in [4.78, 5) is 31.2. The first-order chi connectivity index (χ1) is 14.8. The number of benzene rings is 1. The molecule has 4 aliphatic rings. The molecule has 7 nitrogen and oxygen atoms in total. The summed E-state index contributed by atoms with van der Waals surface area (Å²) in [6.07, 6.45) is 2.27. The summed E-state index contributed by atoms with van der Waals surface area (Å²) >= 11 is 0. The SMILES string of the molecule is C[C@H](c1cc(F)cc(F)c1)N1C(=O)[C@H]2CC1CN2C[C@H](N)C(=O)N1C2C[C@H]2C[C@H]1C#N. The lowest BCUT2D eigenvalue weighted by atomic mass is 10.0. The van der Waals surface area contributed by atoms with Crippen molar-refractivity contribution < 1.29 is 18.4 Å². The van der Waals surface area contributed by atoms with Crippen molar-refractivity contribution in [1.82, 2.24) is 14.7 Å². The van der Waals surface area contributed by atoms with Crippen LogP contribution in [0.1, 0.15) is 37.8 Å². The highest BCUT2D eigenvalue weighted by atomic mass is 19.1. The van der Waals surface area contributed by atoms with Gasteiger partial charge in [0, 0.05) is 31.2 Å². The molecule has 5 rings (SSSR count). The first-order valence-corrected chi connectivity index (χ1v) is 10.8. The number of carbonyl (C=O) groups is 2. The molecule has 1 aliphatic carbocycles. The quantitative estimate of drug-likeness (QED) is 0.758. The first kappa shape index (κ1) is 20.3. The van der Waals surface area contributed by atoms with Crippen LogP contribution >= 0.6 is 0 Å². The highest BCUT2D eigenvalue weighted by Gasteiger charge is 2.56. The van der Waals surface area contributed by atoms with Crippen LogP contribution in [0.25, 0.3) is 0 Å². The number of carbonyl (C=O) groups excluding carboxylic acids is 2. The maximum absolute atomic E-state index is 13.6. The summed E-state index contributed by atoms with van der Waals surface area (Å²) in [5.74, 6) is -1.23. The third-order valence-corrected chi connectivity index (χ3v) is 7.36. The molecule has 2 amide bonds. The minimum Gasteiger partial charge on any atom is -0.330 e. The van der Waals surface area contributed by atoms with Crippen molar-refractivity contribution in [2.45, 2.75) is 62.4 Å². The fourth-order valence-electron chi connectivity index (χ4n) is 5.79. The monoisotopic (exact) mass is 429 g/mol. The largest absolute Gasteiger partial charge is 0.330 e. The second-order valence-electron chi connectivity index (χ2n) is 9.28. The molecule has 164 valence electrons. The smallest absolute Gasteiger partial charge is 0.242 e.